The number of anilines is 1. The van der Waals surface area contributed by atoms with Gasteiger partial charge >= 0.3 is 0 Å². The zero-order valence-electron chi connectivity index (χ0n) is 19.2. The third kappa shape index (κ3) is 6.34. The van der Waals surface area contributed by atoms with Crippen molar-refractivity contribution in [3.8, 4) is 17.6 Å². The first-order valence-electron chi connectivity index (χ1n) is 10.8. The lowest BCUT2D eigenvalue weighted by Gasteiger charge is -2.35. The zero-order chi connectivity index (χ0) is 25.7. The van der Waals surface area contributed by atoms with Gasteiger partial charge in [-0.3, -0.25) is 14.6 Å². The lowest BCUT2D eigenvalue weighted by Crippen LogP contribution is -2.49. The van der Waals surface area contributed by atoms with Gasteiger partial charge < -0.3 is 14.9 Å². The molecule has 184 valence electrons. The molecule has 2 N–H and O–H groups in total. The van der Waals surface area contributed by atoms with E-state index >= 15 is 0 Å². The minimum atomic E-state index is -3.70. The van der Waals surface area contributed by atoms with Crippen molar-refractivity contribution in [2.75, 3.05) is 37.3 Å². The molecule has 0 saturated carbocycles. The van der Waals surface area contributed by atoms with Gasteiger partial charge in [0.15, 0.2) is 11.5 Å². The van der Waals surface area contributed by atoms with Crippen LogP contribution in [0.3, 0.4) is 0 Å². The molecule has 0 bridgehead atoms. The van der Waals surface area contributed by atoms with E-state index in [1.807, 2.05) is 9.62 Å². The van der Waals surface area contributed by atoms with Gasteiger partial charge in [-0.15, -0.1) is 10.2 Å². The van der Waals surface area contributed by atoms with Crippen LogP contribution in [-0.4, -0.2) is 77.9 Å². The number of piperazine rings is 1. The minimum Gasteiger partial charge on any atom is -0.508 e. The molecule has 12 heteroatoms. The smallest absolute Gasteiger partial charge is 0.285 e. The third-order valence-electron chi connectivity index (χ3n) is 5.23. The standard InChI is InChI=1S/C24H22N6O5S/c1-36(34,35)28-23(32)21-7-8-22(27-26-21)29-9-11-30(12-10-29)24(33)19-13-18(15-25-16-19)6-5-17-3-2-4-20(31)14-17/h2-4,7-8,13-16,31H,9-12H2,1H3,(H,28,32). The second-order valence-corrected chi connectivity index (χ2v) is 9.77. The maximum atomic E-state index is 13.0. The second kappa shape index (κ2) is 10.4. The van der Waals surface area contributed by atoms with Crippen LogP contribution < -0.4 is 9.62 Å². The van der Waals surface area contributed by atoms with E-state index in [4.69, 9.17) is 0 Å². The van der Waals surface area contributed by atoms with Gasteiger partial charge in [-0.2, -0.15) is 0 Å². The van der Waals surface area contributed by atoms with E-state index in [0.717, 1.165) is 6.26 Å². The molecule has 1 aliphatic heterocycles. The van der Waals surface area contributed by atoms with Crippen LogP contribution in [0.2, 0.25) is 0 Å². The van der Waals surface area contributed by atoms with Crippen LogP contribution in [0, 0.1) is 11.8 Å². The Labute approximate surface area is 207 Å². The molecule has 4 rings (SSSR count). The number of hydrogen-bond donors (Lipinski definition) is 2. The van der Waals surface area contributed by atoms with Crippen LogP contribution in [0.15, 0.2) is 54.9 Å². The maximum Gasteiger partial charge on any atom is 0.285 e. The van der Waals surface area contributed by atoms with E-state index in [1.54, 1.807) is 47.5 Å². The molecule has 1 fully saturated rings. The monoisotopic (exact) mass is 506 g/mol. The Morgan fingerprint density at radius 2 is 1.72 bits per heavy atom. The van der Waals surface area contributed by atoms with Gasteiger partial charge in [0.2, 0.25) is 10.0 Å². The molecule has 11 nitrogen and oxygen atoms in total. The number of rotatable bonds is 4. The summed E-state index contributed by atoms with van der Waals surface area (Å²) in [5.74, 6) is 5.53. The fourth-order valence-corrected chi connectivity index (χ4v) is 3.95. The summed E-state index contributed by atoms with van der Waals surface area (Å²) in [4.78, 5) is 32.7. The molecule has 2 amide bonds. The highest BCUT2D eigenvalue weighted by atomic mass is 32.2. The average molecular weight is 507 g/mol. The van der Waals surface area contributed by atoms with Crippen LogP contribution in [0.5, 0.6) is 5.75 Å². The largest absolute Gasteiger partial charge is 0.508 e. The number of nitrogens with zero attached hydrogens (tertiary/aromatic N) is 5. The minimum absolute atomic E-state index is 0.113. The number of sulfonamides is 1. The number of nitrogens with one attached hydrogen (secondary N) is 1. The summed E-state index contributed by atoms with van der Waals surface area (Å²) in [7, 11) is -3.70. The molecule has 0 spiro atoms. The Morgan fingerprint density at radius 1 is 0.972 bits per heavy atom. The van der Waals surface area contributed by atoms with Crippen molar-refractivity contribution in [1.29, 1.82) is 0 Å². The summed E-state index contributed by atoms with van der Waals surface area (Å²) in [6.07, 6.45) is 3.95. The SMILES string of the molecule is CS(=O)(=O)NC(=O)c1ccc(N2CCN(C(=O)c3cncc(C#Cc4cccc(O)c4)c3)CC2)nn1. The van der Waals surface area contributed by atoms with E-state index in [9.17, 15) is 23.1 Å². The molecule has 0 atom stereocenters. The topological polar surface area (TPSA) is 146 Å². The van der Waals surface area contributed by atoms with Crippen LogP contribution >= 0.6 is 0 Å². The lowest BCUT2D eigenvalue weighted by molar-refractivity contribution is 0.0745. The fraction of sp³-hybridized carbons (Fsp3) is 0.208. The molecule has 1 aliphatic rings. The summed E-state index contributed by atoms with van der Waals surface area (Å²) in [5, 5.41) is 17.4. The summed E-state index contributed by atoms with van der Waals surface area (Å²) < 4.78 is 24.2. The molecular formula is C24H22N6O5S. The first-order chi connectivity index (χ1) is 17.2. The van der Waals surface area contributed by atoms with Crippen LogP contribution in [0.25, 0.3) is 0 Å². The first kappa shape index (κ1) is 24.6. The normalized spacial score (nSPS) is 13.5. The van der Waals surface area contributed by atoms with Crippen LogP contribution in [0.4, 0.5) is 5.82 Å². The average Bonchev–Trinajstić information content (AvgIpc) is 2.86. The predicted octanol–water partition coefficient (Wildman–Crippen LogP) is 0.629. The molecule has 0 radical (unpaired) electrons. The van der Waals surface area contributed by atoms with Gasteiger partial charge in [0, 0.05) is 49.7 Å². The lowest BCUT2D eigenvalue weighted by atomic mass is 10.1. The third-order valence-corrected chi connectivity index (χ3v) is 5.79. The number of phenolic OH excluding ortho intramolecular Hbond substituents is 1. The number of hydrogen-bond acceptors (Lipinski definition) is 9. The number of aromatic hydroxyl groups is 1. The number of benzene rings is 1. The van der Waals surface area contributed by atoms with Crippen molar-refractivity contribution in [2.45, 2.75) is 0 Å². The molecule has 1 saturated heterocycles. The van der Waals surface area contributed by atoms with E-state index in [2.05, 4.69) is 27.0 Å². The second-order valence-electron chi connectivity index (χ2n) is 8.02. The first-order valence-corrected chi connectivity index (χ1v) is 12.7. The Morgan fingerprint density at radius 3 is 2.39 bits per heavy atom. The Kier molecular flexibility index (Phi) is 7.12. The molecular weight excluding hydrogens is 484 g/mol. The summed E-state index contributed by atoms with van der Waals surface area (Å²) in [5.41, 5.74) is 1.54. The van der Waals surface area contributed by atoms with Gasteiger partial charge in [-0.1, -0.05) is 17.9 Å². The molecule has 2 aromatic heterocycles. The number of pyridine rings is 1. The molecule has 3 heterocycles. The fourth-order valence-electron chi connectivity index (χ4n) is 3.51. The number of amides is 2. The van der Waals surface area contributed by atoms with Gasteiger partial charge in [0.05, 0.1) is 11.8 Å². The van der Waals surface area contributed by atoms with Crippen molar-refractivity contribution in [1.82, 2.24) is 24.8 Å². The van der Waals surface area contributed by atoms with Crippen molar-refractivity contribution in [2.24, 2.45) is 0 Å². The maximum absolute atomic E-state index is 13.0. The van der Waals surface area contributed by atoms with E-state index in [1.165, 1.54) is 12.3 Å². The Balaban J connectivity index is 1.37. The molecule has 0 aliphatic carbocycles. The van der Waals surface area contributed by atoms with Crippen molar-refractivity contribution in [3.05, 3.63) is 77.2 Å². The van der Waals surface area contributed by atoms with Gasteiger partial charge in [0.1, 0.15) is 5.75 Å². The molecule has 1 aromatic carbocycles. The van der Waals surface area contributed by atoms with Crippen molar-refractivity contribution < 1.29 is 23.1 Å². The zero-order valence-corrected chi connectivity index (χ0v) is 20.1. The molecule has 36 heavy (non-hydrogen) atoms. The Hall–Kier alpha value is -4.50. The summed E-state index contributed by atoms with van der Waals surface area (Å²) in [6.45, 7) is 1.88. The number of carbonyl (C=O) groups excluding carboxylic acids is 2. The molecule has 0 unspecified atom stereocenters. The Bertz CT molecular complexity index is 1460. The van der Waals surface area contributed by atoms with Gasteiger partial charge in [-0.05, 0) is 36.4 Å². The highest BCUT2D eigenvalue weighted by Crippen LogP contribution is 2.15. The quantitative estimate of drug-likeness (QED) is 0.487. The predicted molar refractivity (Wildman–Crippen MR) is 131 cm³/mol. The number of carbonyl (C=O) groups is 2. The van der Waals surface area contributed by atoms with Crippen LogP contribution in [-0.2, 0) is 10.0 Å². The van der Waals surface area contributed by atoms with Crippen molar-refractivity contribution >= 4 is 27.7 Å². The van der Waals surface area contributed by atoms with E-state index < -0.39 is 15.9 Å². The van der Waals surface area contributed by atoms with Crippen molar-refractivity contribution in [3.63, 3.8) is 0 Å². The van der Waals surface area contributed by atoms with Crippen LogP contribution in [0.1, 0.15) is 32.0 Å². The summed E-state index contributed by atoms with van der Waals surface area (Å²) >= 11 is 0. The van der Waals surface area contributed by atoms with Gasteiger partial charge in [-0.25, -0.2) is 13.1 Å². The van der Waals surface area contributed by atoms with Gasteiger partial charge in [0.25, 0.3) is 11.8 Å². The van der Waals surface area contributed by atoms with E-state index in [0.29, 0.717) is 48.7 Å². The highest BCUT2D eigenvalue weighted by Gasteiger charge is 2.24. The number of aromatic nitrogens is 3. The highest BCUT2D eigenvalue weighted by molar-refractivity contribution is 7.89. The van der Waals surface area contributed by atoms with E-state index in [-0.39, 0.29) is 17.4 Å². The summed E-state index contributed by atoms with van der Waals surface area (Å²) in [6, 6.07) is 11.3. The number of phenols is 1. The molecule has 3 aromatic rings.